The minimum Gasteiger partial charge on any atom is -0.371 e. The number of ether oxygens (including phenoxy) is 1. The van der Waals surface area contributed by atoms with Gasteiger partial charge in [0, 0.05) is 13.5 Å². The van der Waals surface area contributed by atoms with Crippen molar-refractivity contribution in [2.75, 3.05) is 7.11 Å². The Morgan fingerprint density at radius 3 is 2.33 bits per heavy atom. The average molecular weight is 172 g/mol. The smallest absolute Gasteiger partial charge is 0.164 e. The van der Waals surface area contributed by atoms with Gasteiger partial charge in [-0.05, 0) is 20.3 Å². The summed E-state index contributed by atoms with van der Waals surface area (Å²) in [5.41, 5.74) is -0.590. The molecule has 0 aromatic heterocycles. The van der Waals surface area contributed by atoms with Crippen LogP contribution < -0.4 is 0 Å². The minimum atomic E-state index is -0.590. The first-order valence-corrected chi connectivity index (χ1v) is 4.63. The lowest BCUT2D eigenvalue weighted by Gasteiger charge is -2.20. The average Bonchev–Trinajstić information content (AvgIpc) is 2.05. The first-order valence-electron chi connectivity index (χ1n) is 4.63. The lowest BCUT2D eigenvalue weighted by Crippen LogP contribution is -2.33. The fourth-order valence-electron chi connectivity index (χ4n) is 0.950. The maximum absolute atomic E-state index is 11.4. The second kappa shape index (κ2) is 5.31. The van der Waals surface area contributed by atoms with Gasteiger partial charge in [-0.2, -0.15) is 0 Å². The molecule has 0 radical (unpaired) electrons. The molecular weight excluding hydrogens is 152 g/mol. The minimum absolute atomic E-state index is 0.207. The molecule has 2 heteroatoms. The van der Waals surface area contributed by atoms with E-state index in [0.29, 0.717) is 6.42 Å². The highest BCUT2D eigenvalue weighted by Gasteiger charge is 2.25. The van der Waals surface area contributed by atoms with E-state index in [1.54, 1.807) is 7.11 Å². The molecule has 0 unspecified atom stereocenters. The summed E-state index contributed by atoms with van der Waals surface area (Å²) in [5, 5.41) is 0. The summed E-state index contributed by atoms with van der Waals surface area (Å²) in [5.74, 6) is 0.207. The second-order valence-electron chi connectivity index (χ2n) is 3.59. The third-order valence-corrected chi connectivity index (χ3v) is 2.19. The highest BCUT2D eigenvalue weighted by molar-refractivity contribution is 5.86. The Morgan fingerprint density at radius 1 is 1.33 bits per heavy atom. The molecule has 72 valence electrons. The van der Waals surface area contributed by atoms with Crippen molar-refractivity contribution < 1.29 is 9.53 Å². The fraction of sp³-hybridized carbons (Fsp3) is 0.900. The molecule has 2 nitrogen and oxygen atoms in total. The molecule has 12 heavy (non-hydrogen) atoms. The number of carbonyl (C=O) groups excluding carboxylic acids is 1. The number of Topliss-reactive ketones (excluding diaryl/α,β-unsaturated/α-hetero) is 1. The monoisotopic (exact) mass is 172 g/mol. The summed E-state index contributed by atoms with van der Waals surface area (Å²) in [6.45, 7) is 5.77. The van der Waals surface area contributed by atoms with E-state index in [-0.39, 0.29) is 5.78 Å². The van der Waals surface area contributed by atoms with Crippen LogP contribution in [0.25, 0.3) is 0 Å². The van der Waals surface area contributed by atoms with Crippen LogP contribution >= 0.6 is 0 Å². The zero-order chi connectivity index (χ0) is 9.61. The Bertz CT molecular complexity index is 139. The van der Waals surface area contributed by atoms with Crippen LogP contribution in [0, 0.1) is 0 Å². The Kier molecular flexibility index (Phi) is 5.14. The van der Waals surface area contributed by atoms with Crippen LogP contribution in [0.2, 0.25) is 0 Å². The molecule has 0 aliphatic rings. The molecule has 0 atom stereocenters. The molecule has 0 aliphatic carbocycles. The topological polar surface area (TPSA) is 26.3 Å². The van der Waals surface area contributed by atoms with Gasteiger partial charge in [0.1, 0.15) is 5.60 Å². The Hall–Kier alpha value is -0.370. The fourth-order valence-corrected chi connectivity index (χ4v) is 0.950. The van der Waals surface area contributed by atoms with Crippen LogP contribution in [0.1, 0.15) is 46.5 Å². The van der Waals surface area contributed by atoms with Crippen LogP contribution in [0.3, 0.4) is 0 Å². The van der Waals surface area contributed by atoms with E-state index in [9.17, 15) is 4.79 Å². The first kappa shape index (κ1) is 11.6. The largest absolute Gasteiger partial charge is 0.371 e. The van der Waals surface area contributed by atoms with Gasteiger partial charge >= 0.3 is 0 Å². The zero-order valence-electron chi connectivity index (χ0n) is 8.64. The first-order chi connectivity index (χ1) is 5.54. The second-order valence-corrected chi connectivity index (χ2v) is 3.59. The molecule has 0 heterocycles. The van der Waals surface area contributed by atoms with E-state index in [1.165, 1.54) is 0 Å². The molecule has 0 aromatic carbocycles. The van der Waals surface area contributed by atoms with Gasteiger partial charge in [0.2, 0.25) is 0 Å². The molecule has 0 fully saturated rings. The van der Waals surface area contributed by atoms with Crippen molar-refractivity contribution in [2.24, 2.45) is 0 Å². The van der Waals surface area contributed by atoms with Crippen molar-refractivity contribution in [3.05, 3.63) is 0 Å². The number of hydrogen-bond donors (Lipinski definition) is 0. The molecule has 0 aliphatic heterocycles. The Morgan fingerprint density at radius 2 is 1.92 bits per heavy atom. The Labute approximate surface area is 75.3 Å². The number of rotatable bonds is 6. The molecule has 0 N–H and O–H groups in total. The molecular formula is C10H20O2. The SMILES string of the molecule is CCCCCC(=O)C(C)(C)OC. The van der Waals surface area contributed by atoms with Crippen molar-refractivity contribution in [3.63, 3.8) is 0 Å². The quantitative estimate of drug-likeness (QED) is 0.575. The number of hydrogen-bond acceptors (Lipinski definition) is 2. The van der Waals surface area contributed by atoms with Gasteiger partial charge in [-0.1, -0.05) is 19.8 Å². The van der Waals surface area contributed by atoms with Gasteiger partial charge in [-0.15, -0.1) is 0 Å². The summed E-state index contributed by atoms with van der Waals surface area (Å²) in [7, 11) is 1.58. The van der Waals surface area contributed by atoms with E-state index in [0.717, 1.165) is 19.3 Å². The Balaban J connectivity index is 3.72. The summed E-state index contributed by atoms with van der Waals surface area (Å²) < 4.78 is 5.08. The molecule has 0 saturated heterocycles. The number of unbranched alkanes of at least 4 members (excludes halogenated alkanes) is 2. The summed E-state index contributed by atoms with van der Waals surface area (Å²) in [4.78, 5) is 11.4. The van der Waals surface area contributed by atoms with Gasteiger partial charge in [-0.3, -0.25) is 4.79 Å². The third-order valence-electron chi connectivity index (χ3n) is 2.19. The lowest BCUT2D eigenvalue weighted by atomic mass is 9.98. The molecule has 0 bridgehead atoms. The van der Waals surface area contributed by atoms with Crippen LogP contribution in [-0.2, 0) is 9.53 Å². The van der Waals surface area contributed by atoms with E-state index in [4.69, 9.17) is 4.74 Å². The van der Waals surface area contributed by atoms with Crippen LogP contribution in [0.15, 0.2) is 0 Å². The van der Waals surface area contributed by atoms with Crippen molar-refractivity contribution in [2.45, 2.75) is 52.1 Å². The normalized spacial score (nSPS) is 11.7. The molecule has 0 saturated carbocycles. The van der Waals surface area contributed by atoms with Crippen molar-refractivity contribution >= 4 is 5.78 Å². The predicted molar refractivity (Wildman–Crippen MR) is 50.2 cm³/mol. The van der Waals surface area contributed by atoms with Gasteiger partial charge in [-0.25, -0.2) is 0 Å². The maximum atomic E-state index is 11.4. The van der Waals surface area contributed by atoms with Crippen molar-refractivity contribution in [3.8, 4) is 0 Å². The van der Waals surface area contributed by atoms with E-state index >= 15 is 0 Å². The standard InChI is InChI=1S/C10H20O2/c1-5-6-7-8-9(11)10(2,3)12-4/h5-8H2,1-4H3. The van der Waals surface area contributed by atoms with E-state index in [2.05, 4.69) is 6.92 Å². The summed E-state index contributed by atoms with van der Waals surface area (Å²) in [6.07, 6.45) is 3.92. The van der Waals surface area contributed by atoms with Crippen LogP contribution in [-0.4, -0.2) is 18.5 Å². The highest BCUT2D eigenvalue weighted by atomic mass is 16.5. The highest BCUT2D eigenvalue weighted by Crippen LogP contribution is 2.13. The zero-order valence-corrected chi connectivity index (χ0v) is 8.64. The lowest BCUT2D eigenvalue weighted by molar-refractivity contribution is -0.137. The summed E-state index contributed by atoms with van der Waals surface area (Å²) >= 11 is 0. The number of ketones is 1. The third kappa shape index (κ3) is 3.86. The van der Waals surface area contributed by atoms with Crippen molar-refractivity contribution in [1.29, 1.82) is 0 Å². The predicted octanol–water partition coefficient (Wildman–Crippen LogP) is 2.56. The van der Waals surface area contributed by atoms with Crippen LogP contribution in [0.5, 0.6) is 0 Å². The summed E-state index contributed by atoms with van der Waals surface area (Å²) in [6, 6.07) is 0. The molecule has 0 spiro atoms. The van der Waals surface area contributed by atoms with Crippen LogP contribution in [0.4, 0.5) is 0 Å². The molecule has 0 rings (SSSR count). The van der Waals surface area contributed by atoms with Crippen molar-refractivity contribution in [1.82, 2.24) is 0 Å². The van der Waals surface area contributed by atoms with Gasteiger partial charge in [0.05, 0.1) is 0 Å². The van der Waals surface area contributed by atoms with E-state index in [1.807, 2.05) is 13.8 Å². The van der Waals surface area contributed by atoms with Gasteiger partial charge in [0.25, 0.3) is 0 Å². The van der Waals surface area contributed by atoms with Gasteiger partial charge < -0.3 is 4.74 Å². The molecule has 0 amide bonds. The number of carbonyl (C=O) groups is 1. The number of methoxy groups -OCH3 is 1. The maximum Gasteiger partial charge on any atom is 0.164 e. The molecule has 0 aromatic rings. The van der Waals surface area contributed by atoms with E-state index < -0.39 is 5.60 Å². The van der Waals surface area contributed by atoms with Gasteiger partial charge in [0.15, 0.2) is 5.78 Å².